The molecule has 0 aromatic carbocycles. The third-order valence-electron chi connectivity index (χ3n) is 4.38. The maximum atomic E-state index is 12.3. The van der Waals surface area contributed by atoms with Crippen LogP contribution in [0.3, 0.4) is 0 Å². The molecule has 2 heterocycles. The molecule has 0 aliphatic carbocycles. The highest BCUT2D eigenvalue weighted by Crippen LogP contribution is 2.21. The van der Waals surface area contributed by atoms with E-state index in [1.54, 1.807) is 9.80 Å². The fraction of sp³-hybridized carbons (Fsp3) is 0.526. The number of ether oxygens (including phenoxy) is 1. The Balaban J connectivity index is 1.76. The van der Waals surface area contributed by atoms with Gasteiger partial charge in [-0.25, -0.2) is 0 Å². The van der Waals surface area contributed by atoms with Gasteiger partial charge in [0, 0.05) is 26.2 Å². The number of likely N-dealkylation sites (N-methyl/N-ethyl adjacent to an activating group) is 1. The summed E-state index contributed by atoms with van der Waals surface area (Å²) in [6.45, 7) is 9.37. The molecule has 1 aromatic heterocycles. The minimum atomic E-state index is -0.354. The molecule has 1 aliphatic rings. The molecule has 1 aromatic rings. The van der Waals surface area contributed by atoms with Gasteiger partial charge in [-0.3, -0.25) is 14.4 Å². The van der Waals surface area contributed by atoms with Crippen LogP contribution in [0.2, 0.25) is 0 Å². The Hall–Kier alpha value is -2.15. The number of thiophene rings is 1. The van der Waals surface area contributed by atoms with Crippen molar-refractivity contribution in [2.45, 2.75) is 26.7 Å². The average molecular weight is 378 g/mol. The Labute approximate surface area is 158 Å². The molecular weight excluding hydrogens is 352 g/mol. The van der Waals surface area contributed by atoms with Crippen molar-refractivity contribution >= 4 is 29.1 Å². The van der Waals surface area contributed by atoms with Crippen molar-refractivity contribution in [3.8, 4) is 0 Å². The van der Waals surface area contributed by atoms with Gasteiger partial charge in [0.15, 0.2) is 6.61 Å². The summed E-state index contributed by atoms with van der Waals surface area (Å²) in [7, 11) is 0. The minimum Gasteiger partial charge on any atom is -0.455 e. The number of hydrogen-bond donors (Lipinski definition) is 0. The minimum absolute atomic E-state index is 0.0142. The number of likely N-dealkylation sites (tertiary alicyclic amines) is 1. The van der Waals surface area contributed by atoms with Gasteiger partial charge in [0.2, 0.25) is 0 Å². The lowest BCUT2D eigenvalue weighted by atomic mass is 9.97. The topological polar surface area (TPSA) is 66.9 Å². The van der Waals surface area contributed by atoms with Crippen LogP contribution in [-0.2, 0) is 14.3 Å². The fourth-order valence-electron chi connectivity index (χ4n) is 2.92. The number of nitrogens with zero attached hydrogens (tertiary/aromatic N) is 2. The first kappa shape index (κ1) is 20.2. The number of amides is 2. The molecule has 6 nitrogen and oxygen atoms in total. The smallest absolute Gasteiger partial charge is 0.309 e. The number of carbonyl (C=O) groups is 3. The third kappa shape index (κ3) is 5.42. The largest absolute Gasteiger partial charge is 0.455 e. The fourth-order valence-corrected chi connectivity index (χ4v) is 3.61. The van der Waals surface area contributed by atoms with Crippen molar-refractivity contribution in [2.75, 3.05) is 32.8 Å². The summed E-state index contributed by atoms with van der Waals surface area (Å²) in [5.74, 6) is -0.811. The summed E-state index contributed by atoms with van der Waals surface area (Å²) in [4.78, 5) is 40.8. The Bertz CT molecular complexity index is 649. The van der Waals surface area contributed by atoms with E-state index in [1.165, 1.54) is 11.3 Å². The molecule has 0 radical (unpaired) electrons. The second kappa shape index (κ2) is 9.52. The molecule has 2 rings (SSSR count). The van der Waals surface area contributed by atoms with Crippen molar-refractivity contribution in [1.29, 1.82) is 0 Å². The van der Waals surface area contributed by atoms with Crippen molar-refractivity contribution in [3.05, 3.63) is 34.5 Å². The highest BCUT2D eigenvalue weighted by molar-refractivity contribution is 7.12. The van der Waals surface area contributed by atoms with Crippen molar-refractivity contribution in [2.24, 2.45) is 5.92 Å². The summed E-state index contributed by atoms with van der Waals surface area (Å²) >= 11 is 1.42. The van der Waals surface area contributed by atoms with Gasteiger partial charge >= 0.3 is 5.97 Å². The Morgan fingerprint density at radius 1 is 1.35 bits per heavy atom. The molecule has 0 N–H and O–H groups in total. The molecular formula is C19H26N2O4S. The number of hydrogen-bond acceptors (Lipinski definition) is 5. The molecule has 0 spiro atoms. The van der Waals surface area contributed by atoms with Gasteiger partial charge in [0.05, 0.1) is 10.8 Å². The summed E-state index contributed by atoms with van der Waals surface area (Å²) in [6.07, 6.45) is 1.13. The Morgan fingerprint density at radius 2 is 2.04 bits per heavy atom. The monoisotopic (exact) mass is 378 g/mol. The van der Waals surface area contributed by atoms with Crippen LogP contribution >= 0.6 is 11.3 Å². The maximum Gasteiger partial charge on any atom is 0.309 e. The molecule has 2 amide bonds. The van der Waals surface area contributed by atoms with Crippen LogP contribution in [0.4, 0.5) is 0 Å². The lowest BCUT2D eigenvalue weighted by Gasteiger charge is -2.30. The lowest BCUT2D eigenvalue weighted by molar-refractivity contribution is -0.156. The zero-order valence-corrected chi connectivity index (χ0v) is 16.2. The molecule has 7 heteroatoms. The first-order valence-electron chi connectivity index (χ1n) is 8.84. The second-order valence-electron chi connectivity index (χ2n) is 6.52. The van der Waals surface area contributed by atoms with Crippen LogP contribution in [0, 0.1) is 5.92 Å². The van der Waals surface area contributed by atoms with Crippen LogP contribution in [0.15, 0.2) is 29.7 Å². The van der Waals surface area contributed by atoms with E-state index in [2.05, 4.69) is 6.58 Å². The van der Waals surface area contributed by atoms with E-state index in [0.717, 1.165) is 5.57 Å². The molecule has 0 unspecified atom stereocenters. The lowest BCUT2D eigenvalue weighted by Crippen LogP contribution is -2.41. The molecule has 0 atom stereocenters. The van der Waals surface area contributed by atoms with Crippen molar-refractivity contribution in [3.63, 3.8) is 0 Å². The molecule has 0 saturated carbocycles. The zero-order valence-electron chi connectivity index (χ0n) is 15.4. The maximum absolute atomic E-state index is 12.3. The van der Waals surface area contributed by atoms with E-state index >= 15 is 0 Å². The quantitative estimate of drug-likeness (QED) is 0.540. The number of rotatable bonds is 7. The van der Waals surface area contributed by atoms with E-state index in [-0.39, 0.29) is 30.3 Å². The van der Waals surface area contributed by atoms with Gasteiger partial charge in [0.1, 0.15) is 0 Å². The SMILES string of the molecule is C=C(C)CN(CC)C(=O)COC(=O)C1CCN(C(=O)c2cccs2)CC1. The van der Waals surface area contributed by atoms with Crippen molar-refractivity contribution in [1.82, 2.24) is 9.80 Å². The number of piperidine rings is 1. The van der Waals surface area contributed by atoms with Gasteiger partial charge in [-0.05, 0) is 38.1 Å². The number of carbonyl (C=O) groups excluding carboxylic acids is 3. The Kier molecular flexibility index (Phi) is 7.38. The van der Waals surface area contributed by atoms with Gasteiger partial charge in [0.25, 0.3) is 11.8 Å². The molecule has 1 aliphatic heterocycles. The predicted molar refractivity (Wildman–Crippen MR) is 101 cm³/mol. The van der Waals surface area contributed by atoms with Crippen molar-refractivity contribution < 1.29 is 19.1 Å². The van der Waals surface area contributed by atoms with Gasteiger partial charge in [-0.15, -0.1) is 11.3 Å². The normalized spacial score (nSPS) is 14.8. The van der Waals surface area contributed by atoms with E-state index in [1.807, 2.05) is 31.4 Å². The van der Waals surface area contributed by atoms with Gasteiger partial charge in [-0.1, -0.05) is 18.2 Å². The highest BCUT2D eigenvalue weighted by atomic mass is 32.1. The van der Waals surface area contributed by atoms with Crippen LogP contribution < -0.4 is 0 Å². The standard InChI is InChI=1S/C19H26N2O4S/c1-4-20(12-14(2)3)17(22)13-25-19(24)15-7-9-21(10-8-15)18(23)16-6-5-11-26-16/h5-6,11,15H,2,4,7-10,12-13H2,1,3H3. The number of esters is 1. The van der Waals surface area contributed by atoms with Gasteiger partial charge < -0.3 is 14.5 Å². The highest BCUT2D eigenvalue weighted by Gasteiger charge is 2.29. The molecule has 142 valence electrons. The van der Waals surface area contributed by atoms with Gasteiger partial charge in [-0.2, -0.15) is 0 Å². The first-order valence-corrected chi connectivity index (χ1v) is 9.72. The molecule has 0 bridgehead atoms. The third-order valence-corrected chi connectivity index (χ3v) is 5.24. The van der Waals surface area contributed by atoms with E-state index in [4.69, 9.17) is 4.74 Å². The van der Waals surface area contributed by atoms with Crippen LogP contribution in [-0.4, -0.2) is 60.4 Å². The average Bonchev–Trinajstić information content (AvgIpc) is 3.18. The van der Waals surface area contributed by atoms with E-state index in [9.17, 15) is 14.4 Å². The molecule has 1 saturated heterocycles. The molecule has 26 heavy (non-hydrogen) atoms. The van der Waals surface area contributed by atoms with Crippen LogP contribution in [0.5, 0.6) is 0 Å². The predicted octanol–water partition coefficient (Wildman–Crippen LogP) is 2.57. The summed E-state index contributed by atoms with van der Waals surface area (Å²) in [5.41, 5.74) is 0.884. The Morgan fingerprint density at radius 3 is 2.58 bits per heavy atom. The van der Waals surface area contributed by atoms with E-state index < -0.39 is 0 Å². The molecule has 1 fully saturated rings. The first-order chi connectivity index (χ1) is 12.4. The second-order valence-corrected chi connectivity index (χ2v) is 7.46. The zero-order chi connectivity index (χ0) is 19.1. The summed E-state index contributed by atoms with van der Waals surface area (Å²) < 4.78 is 5.21. The van der Waals surface area contributed by atoms with Crippen LogP contribution in [0.1, 0.15) is 36.4 Å². The van der Waals surface area contributed by atoms with E-state index in [0.29, 0.717) is 43.9 Å². The van der Waals surface area contributed by atoms with Crippen LogP contribution in [0.25, 0.3) is 0 Å². The summed E-state index contributed by atoms with van der Waals surface area (Å²) in [5, 5.41) is 1.88. The summed E-state index contributed by atoms with van der Waals surface area (Å²) in [6, 6.07) is 3.66.